The van der Waals surface area contributed by atoms with E-state index in [9.17, 15) is 5.11 Å². The van der Waals surface area contributed by atoms with Gasteiger partial charge in [0.25, 0.3) is 5.89 Å². The van der Waals surface area contributed by atoms with Crippen LogP contribution in [0.15, 0.2) is 51.7 Å². The summed E-state index contributed by atoms with van der Waals surface area (Å²) in [5, 5.41) is 13.6. The Morgan fingerprint density at radius 1 is 1.25 bits per heavy atom. The molecular formula is C14H10BrN3O2. The third-order valence-corrected chi connectivity index (χ3v) is 3.24. The average molecular weight is 332 g/mol. The molecule has 1 N–H and O–H groups in total. The highest BCUT2D eigenvalue weighted by atomic mass is 79.9. The van der Waals surface area contributed by atoms with Crippen molar-refractivity contribution < 1.29 is 9.63 Å². The Morgan fingerprint density at radius 2 is 2.15 bits per heavy atom. The minimum atomic E-state index is 0.0187. The molecule has 0 aliphatic rings. The van der Waals surface area contributed by atoms with Crippen LogP contribution in [0.1, 0.15) is 11.4 Å². The van der Waals surface area contributed by atoms with Gasteiger partial charge in [0.1, 0.15) is 5.75 Å². The molecule has 0 amide bonds. The topological polar surface area (TPSA) is 72.0 Å². The Hall–Kier alpha value is -2.21. The van der Waals surface area contributed by atoms with Gasteiger partial charge in [-0.3, -0.25) is 4.98 Å². The van der Waals surface area contributed by atoms with Crippen LogP contribution in [0, 0.1) is 0 Å². The fraction of sp³-hybridized carbons (Fsp3) is 0.0714. The van der Waals surface area contributed by atoms with Gasteiger partial charge in [-0.1, -0.05) is 33.2 Å². The summed E-state index contributed by atoms with van der Waals surface area (Å²) in [5.74, 6) is 0.870. The predicted molar refractivity (Wildman–Crippen MR) is 76.1 cm³/mol. The Balaban J connectivity index is 1.86. The zero-order valence-electron chi connectivity index (χ0n) is 10.3. The predicted octanol–water partition coefficient (Wildman–Crippen LogP) is 3.19. The van der Waals surface area contributed by atoms with Gasteiger partial charge in [0.05, 0.1) is 11.8 Å². The summed E-state index contributed by atoms with van der Waals surface area (Å²) in [4.78, 5) is 8.10. The molecule has 2 heterocycles. The lowest BCUT2D eigenvalue weighted by molar-refractivity contribution is 0.418. The minimum Gasteiger partial charge on any atom is -0.505 e. The number of hydrogen-bond acceptors (Lipinski definition) is 5. The summed E-state index contributed by atoms with van der Waals surface area (Å²) < 4.78 is 6.18. The van der Waals surface area contributed by atoms with E-state index in [0.717, 1.165) is 10.0 Å². The van der Waals surface area contributed by atoms with Gasteiger partial charge in [-0.15, -0.1) is 0 Å². The number of nitrogens with zero attached hydrogens (tertiary/aromatic N) is 3. The van der Waals surface area contributed by atoms with Crippen molar-refractivity contribution >= 4 is 15.9 Å². The molecule has 0 unspecified atom stereocenters. The zero-order chi connectivity index (χ0) is 13.9. The lowest BCUT2D eigenvalue weighted by Gasteiger charge is -1.97. The maximum absolute atomic E-state index is 9.70. The van der Waals surface area contributed by atoms with Gasteiger partial charge in [0, 0.05) is 17.1 Å². The number of rotatable bonds is 3. The Kier molecular flexibility index (Phi) is 3.47. The van der Waals surface area contributed by atoms with E-state index in [4.69, 9.17) is 4.52 Å². The number of benzene rings is 1. The average Bonchev–Trinajstić information content (AvgIpc) is 2.87. The Labute approximate surface area is 123 Å². The summed E-state index contributed by atoms with van der Waals surface area (Å²) in [5.41, 5.74) is 1.55. The molecule has 1 aromatic carbocycles. The largest absolute Gasteiger partial charge is 0.505 e. The van der Waals surface area contributed by atoms with Crippen molar-refractivity contribution in [2.75, 3.05) is 0 Å². The van der Waals surface area contributed by atoms with Gasteiger partial charge >= 0.3 is 0 Å². The molecule has 0 saturated heterocycles. The van der Waals surface area contributed by atoms with Crippen LogP contribution in [0.5, 0.6) is 5.75 Å². The van der Waals surface area contributed by atoms with Crippen LogP contribution in [0.25, 0.3) is 11.5 Å². The summed E-state index contributed by atoms with van der Waals surface area (Å²) in [6.45, 7) is 0. The first-order valence-corrected chi connectivity index (χ1v) is 6.72. The van der Waals surface area contributed by atoms with Gasteiger partial charge in [-0.2, -0.15) is 4.98 Å². The highest BCUT2D eigenvalue weighted by Gasteiger charge is 2.12. The van der Waals surface area contributed by atoms with Gasteiger partial charge in [-0.25, -0.2) is 0 Å². The van der Waals surface area contributed by atoms with Crippen molar-refractivity contribution in [2.45, 2.75) is 6.42 Å². The first-order chi connectivity index (χ1) is 9.72. The molecule has 100 valence electrons. The van der Waals surface area contributed by atoms with Gasteiger partial charge in [0.2, 0.25) is 0 Å². The lowest BCUT2D eigenvalue weighted by Crippen LogP contribution is -1.90. The minimum absolute atomic E-state index is 0.0187. The molecule has 0 fully saturated rings. The van der Waals surface area contributed by atoms with Crippen LogP contribution in [-0.2, 0) is 6.42 Å². The Bertz CT molecular complexity index is 743. The molecule has 2 aromatic heterocycles. The molecule has 20 heavy (non-hydrogen) atoms. The van der Waals surface area contributed by atoms with E-state index < -0.39 is 0 Å². The van der Waals surface area contributed by atoms with Crippen molar-refractivity contribution in [3.05, 3.63) is 58.6 Å². The summed E-state index contributed by atoms with van der Waals surface area (Å²) in [6.07, 6.45) is 3.47. The lowest BCUT2D eigenvalue weighted by atomic mass is 10.1. The van der Waals surface area contributed by atoms with Crippen LogP contribution in [0.3, 0.4) is 0 Å². The van der Waals surface area contributed by atoms with E-state index in [2.05, 4.69) is 31.1 Å². The van der Waals surface area contributed by atoms with Crippen LogP contribution >= 0.6 is 15.9 Å². The van der Waals surface area contributed by atoms with Gasteiger partial charge in [0.15, 0.2) is 5.82 Å². The number of pyridine rings is 1. The fourth-order valence-electron chi connectivity index (χ4n) is 1.83. The summed E-state index contributed by atoms with van der Waals surface area (Å²) >= 11 is 3.42. The summed E-state index contributed by atoms with van der Waals surface area (Å²) in [7, 11) is 0. The second kappa shape index (κ2) is 5.42. The first kappa shape index (κ1) is 12.8. The maximum Gasteiger partial charge on any atom is 0.261 e. The van der Waals surface area contributed by atoms with Gasteiger partial charge < -0.3 is 9.63 Å². The molecule has 0 atom stereocenters. The first-order valence-electron chi connectivity index (χ1n) is 5.93. The highest BCUT2D eigenvalue weighted by molar-refractivity contribution is 9.10. The monoisotopic (exact) mass is 331 g/mol. The zero-order valence-corrected chi connectivity index (χ0v) is 11.9. The van der Waals surface area contributed by atoms with Crippen molar-refractivity contribution in [3.8, 4) is 17.2 Å². The number of halogens is 1. The number of aromatic nitrogens is 3. The molecule has 0 radical (unpaired) electrons. The SMILES string of the molecule is Oc1cnccc1-c1nc(Cc2cccc(Br)c2)no1. The number of hydrogen-bond donors (Lipinski definition) is 1. The molecule has 0 saturated carbocycles. The number of aromatic hydroxyl groups is 1. The molecule has 6 heteroatoms. The second-order valence-corrected chi connectivity index (χ2v) is 5.13. The third-order valence-electron chi connectivity index (χ3n) is 2.75. The van der Waals surface area contributed by atoms with Crippen molar-refractivity contribution in [1.82, 2.24) is 15.1 Å². The highest BCUT2D eigenvalue weighted by Crippen LogP contribution is 2.26. The van der Waals surface area contributed by atoms with E-state index in [1.807, 2.05) is 24.3 Å². The van der Waals surface area contributed by atoms with Crippen LogP contribution in [0.2, 0.25) is 0 Å². The van der Waals surface area contributed by atoms with Crippen LogP contribution in [0.4, 0.5) is 0 Å². The van der Waals surface area contributed by atoms with Crippen LogP contribution in [-0.4, -0.2) is 20.2 Å². The van der Waals surface area contributed by atoms with Crippen molar-refractivity contribution in [3.63, 3.8) is 0 Å². The fourth-order valence-corrected chi connectivity index (χ4v) is 2.28. The Morgan fingerprint density at radius 3 is 2.95 bits per heavy atom. The molecule has 0 aliphatic heterocycles. The van der Waals surface area contributed by atoms with E-state index in [1.54, 1.807) is 12.3 Å². The van der Waals surface area contributed by atoms with Crippen molar-refractivity contribution in [1.29, 1.82) is 0 Å². The molecular weight excluding hydrogens is 322 g/mol. The van der Waals surface area contributed by atoms with Crippen molar-refractivity contribution in [2.24, 2.45) is 0 Å². The quantitative estimate of drug-likeness (QED) is 0.797. The normalized spacial score (nSPS) is 10.7. The second-order valence-electron chi connectivity index (χ2n) is 4.22. The molecule has 0 bridgehead atoms. The molecule has 0 spiro atoms. The molecule has 5 nitrogen and oxygen atoms in total. The van der Waals surface area contributed by atoms with E-state index in [0.29, 0.717) is 17.8 Å². The van der Waals surface area contributed by atoms with E-state index in [1.165, 1.54) is 6.20 Å². The van der Waals surface area contributed by atoms with E-state index in [-0.39, 0.29) is 11.6 Å². The summed E-state index contributed by atoms with van der Waals surface area (Å²) in [6, 6.07) is 9.53. The van der Waals surface area contributed by atoms with Gasteiger partial charge in [-0.05, 0) is 23.8 Å². The standard InChI is InChI=1S/C14H10BrN3O2/c15-10-3-1-2-9(6-10)7-13-17-14(20-18-13)11-4-5-16-8-12(11)19/h1-6,8,19H,7H2. The molecule has 3 aromatic rings. The van der Waals surface area contributed by atoms with E-state index >= 15 is 0 Å². The molecule has 0 aliphatic carbocycles. The smallest absolute Gasteiger partial charge is 0.261 e. The van der Waals surface area contributed by atoms with Crippen LogP contribution < -0.4 is 0 Å². The molecule has 3 rings (SSSR count). The maximum atomic E-state index is 9.70. The third kappa shape index (κ3) is 2.70.